The van der Waals surface area contributed by atoms with Crippen molar-refractivity contribution in [3.63, 3.8) is 0 Å². The highest BCUT2D eigenvalue weighted by Gasteiger charge is 2.26. The summed E-state index contributed by atoms with van der Waals surface area (Å²) in [6.07, 6.45) is 7.13. The maximum Gasteiger partial charge on any atom is 0.174 e. The highest BCUT2D eigenvalue weighted by molar-refractivity contribution is 7.80. The van der Waals surface area contributed by atoms with E-state index in [1.807, 2.05) is 30.5 Å². The van der Waals surface area contributed by atoms with Gasteiger partial charge in [0, 0.05) is 25.0 Å². The van der Waals surface area contributed by atoms with E-state index in [4.69, 9.17) is 21.7 Å². The van der Waals surface area contributed by atoms with Crippen LogP contribution >= 0.6 is 12.2 Å². The van der Waals surface area contributed by atoms with E-state index in [-0.39, 0.29) is 6.04 Å². The largest absolute Gasteiger partial charge is 0.497 e. The van der Waals surface area contributed by atoms with E-state index in [0.717, 1.165) is 36.6 Å². The summed E-state index contributed by atoms with van der Waals surface area (Å²) in [6.45, 7) is 0.928. The van der Waals surface area contributed by atoms with Crippen molar-refractivity contribution in [2.75, 3.05) is 26.1 Å². The molecule has 0 radical (unpaired) electrons. The summed E-state index contributed by atoms with van der Waals surface area (Å²) in [5.41, 5.74) is 2.01. The van der Waals surface area contributed by atoms with Crippen molar-refractivity contribution in [1.82, 2.24) is 9.88 Å². The molecule has 3 rings (SSSR count). The first-order valence-electron chi connectivity index (χ1n) is 8.42. The number of hydrogen-bond donors (Lipinski definition) is 1. The number of ether oxygens (including phenoxy) is 2. The number of pyridine rings is 1. The van der Waals surface area contributed by atoms with Crippen molar-refractivity contribution in [3.8, 4) is 11.5 Å². The van der Waals surface area contributed by atoms with E-state index in [9.17, 15) is 0 Å². The molecule has 0 saturated carbocycles. The van der Waals surface area contributed by atoms with Gasteiger partial charge >= 0.3 is 0 Å². The van der Waals surface area contributed by atoms with Crippen molar-refractivity contribution in [3.05, 3.63) is 48.3 Å². The summed E-state index contributed by atoms with van der Waals surface area (Å²) < 4.78 is 10.7. The van der Waals surface area contributed by atoms with Crippen LogP contribution in [0.25, 0.3) is 0 Å². The maximum absolute atomic E-state index is 5.72. The molecule has 1 saturated heterocycles. The van der Waals surface area contributed by atoms with Crippen molar-refractivity contribution < 1.29 is 9.47 Å². The average Bonchev–Trinajstić information content (AvgIpc) is 2.68. The van der Waals surface area contributed by atoms with Gasteiger partial charge in [-0.2, -0.15) is 0 Å². The fraction of sp³-hybridized carbons (Fsp3) is 0.368. The zero-order chi connectivity index (χ0) is 17.6. The minimum atomic E-state index is 0.249. The molecule has 6 heteroatoms. The Hall–Kier alpha value is -2.34. The van der Waals surface area contributed by atoms with Crippen molar-refractivity contribution in [1.29, 1.82) is 0 Å². The number of nitrogens with zero attached hydrogens (tertiary/aromatic N) is 2. The zero-order valence-corrected chi connectivity index (χ0v) is 15.4. The fourth-order valence-corrected chi connectivity index (χ4v) is 3.52. The van der Waals surface area contributed by atoms with Crippen LogP contribution in [0.3, 0.4) is 0 Å². The van der Waals surface area contributed by atoms with E-state index >= 15 is 0 Å². The molecule has 2 aromatic rings. The molecule has 0 aliphatic carbocycles. The molecule has 1 aromatic heterocycles. The average molecular weight is 357 g/mol. The van der Waals surface area contributed by atoms with Gasteiger partial charge in [-0.1, -0.05) is 6.07 Å². The number of likely N-dealkylation sites (tertiary alicyclic amines) is 1. The Bertz CT molecular complexity index is 724. The number of thiocarbonyl (C=S) groups is 1. The van der Waals surface area contributed by atoms with Crippen LogP contribution < -0.4 is 14.8 Å². The highest BCUT2D eigenvalue weighted by atomic mass is 32.1. The van der Waals surface area contributed by atoms with E-state index in [1.54, 1.807) is 20.4 Å². The molecule has 1 aliphatic heterocycles. The molecule has 1 fully saturated rings. The molecule has 2 heterocycles. The Labute approximate surface area is 154 Å². The molecule has 25 heavy (non-hydrogen) atoms. The number of methoxy groups -OCH3 is 2. The minimum absolute atomic E-state index is 0.249. The number of piperidine rings is 1. The number of anilines is 1. The topological polar surface area (TPSA) is 46.6 Å². The van der Waals surface area contributed by atoms with Crippen molar-refractivity contribution in [2.24, 2.45) is 0 Å². The van der Waals surface area contributed by atoms with Gasteiger partial charge < -0.3 is 19.7 Å². The number of rotatable bonds is 4. The van der Waals surface area contributed by atoms with Crippen LogP contribution in [0.2, 0.25) is 0 Å². The number of benzene rings is 1. The van der Waals surface area contributed by atoms with Gasteiger partial charge in [0.1, 0.15) is 11.5 Å². The lowest BCUT2D eigenvalue weighted by Gasteiger charge is -2.38. The molecule has 132 valence electrons. The predicted molar refractivity (Wildman–Crippen MR) is 103 cm³/mol. The number of nitrogens with one attached hydrogen (secondary N) is 1. The molecule has 0 spiro atoms. The Morgan fingerprint density at radius 3 is 2.84 bits per heavy atom. The van der Waals surface area contributed by atoms with Gasteiger partial charge in [-0.25, -0.2) is 0 Å². The lowest BCUT2D eigenvalue weighted by Crippen LogP contribution is -2.41. The molecule has 0 unspecified atom stereocenters. The summed E-state index contributed by atoms with van der Waals surface area (Å²) >= 11 is 5.72. The second-order valence-corrected chi connectivity index (χ2v) is 6.37. The lowest BCUT2D eigenvalue weighted by molar-refractivity contribution is 0.248. The molecule has 0 bridgehead atoms. The lowest BCUT2D eigenvalue weighted by atomic mass is 9.97. The molecule has 1 atom stereocenters. The summed E-state index contributed by atoms with van der Waals surface area (Å²) in [7, 11) is 3.29. The molecular weight excluding hydrogens is 334 g/mol. The van der Waals surface area contributed by atoms with E-state index in [1.165, 1.54) is 12.0 Å². The van der Waals surface area contributed by atoms with Gasteiger partial charge in [0.25, 0.3) is 0 Å². The second-order valence-electron chi connectivity index (χ2n) is 5.99. The molecule has 1 aliphatic rings. The monoisotopic (exact) mass is 357 g/mol. The predicted octanol–water partition coefficient (Wildman–Crippen LogP) is 4.02. The maximum atomic E-state index is 5.72. The van der Waals surface area contributed by atoms with Crippen LogP contribution in [0.1, 0.15) is 30.9 Å². The third-order valence-corrected chi connectivity index (χ3v) is 4.82. The van der Waals surface area contributed by atoms with Crippen LogP contribution in [-0.4, -0.2) is 35.8 Å². The van der Waals surface area contributed by atoms with Gasteiger partial charge in [0.05, 0.1) is 25.9 Å². The Morgan fingerprint density at radius 1 is 1.24 bits per heavy atom. The van der Waals surface area contributed by atoms with Gasteiger partial charge in [-0.05, 0) is 55.2 Å². The third-order valence-electron chi connectivity index (χ3n) is 4.48. The molecular formula is C19H23N3O2S. The summed E-state index contributed by atoms with van der Waals surface area (Å²) in [4.78, 5) is 6.51. The Morgan fingerprint density at radius 2 is 2.12 bits per heavy atom. The van der Waals surface area contributed by atoms with Crippen molar-refractivity contribution in [2.45, 2.75) is 25.3 Å². The van der Waals surface area contributed by atoms with Crippen LogP contribution in [-0.2, 0) is 0 Å². The minimum Gasteiger partial charge on any atom is -0.497 e. The second kappa shape index (κ2) is 8.16. The van der Waals surface area contributed by atoms with Gasteiger partial charge in [-0.15, -0.1) is 0 Å². The SMILES string of the molecule is COc1ccc(OC)c(NC(=S)N2CCCC[C@H]2c2cccnc2)c1. The van der Waals surface area contributed by atoms with Gasteiger partial charge in [0.2, 0.25) is 0 Å². The van der Waals surface area contributed by atoms with Crippen LogP contribution in [0.5, 0.6) is 11.5 Å². The summed E-state index contributed by atoms with van der Waals surface area (Å²) in [5, 5.41) is 4.03. The van der Waals surface area contributed by atoms with Crippen LogP contribution in [0.15, 0.2) is 42.7 Å². The first-order chi connectivity index (χ1) is 12.2. The number of hydrogen-bond acceptors (Lipinski definition) is 4. The van der Waals surface area contributed by atoms with Crippen LogP contribution in [0.4, 0.5) is 5.69 Å². The normalized spacial score (nSPS) is 17.0. The zero-order valence-electron chi connectivity index (χ0n) is 14.6. The standard InChI is InChI=1S/C19H23N3O2S/c1-23-15-8-9-18(24-2)16(12-15)21-19(25)22-11-4-3-7-17(22)14-6-5-10-20-13-14/h5-6,8-10,12-13,17H,3-4,7,11H2,1-2H3,(H,21,25)/t17-/m0/s1. The first kappa shape index (κ1) is 17.5. The van der Waals surface area contributed by atoms with Gasteiger partial charge in [0.15, 0.2) is 5.11 Å². The Kier molecular flexibility index (Phi) is 5.71. The van der Waals surface area contributed by atoms with E-state index in [2.05, 4.69) is 21.3 Å². The smallest absolute Gasteiger partial charge is 0.174 e. The molecule has 1 N–H and O–H groups in total. The summed E-state index contributed by atoms with van der Waals surface area (Å²) in [5.74, 6) is 1.49. The highest BCUT2D eigenvalue weighted by Crippen LogP contribution is 2.33. The van der Waals surface area contributed by atoms with Crippen molar-refractivity contribution >= 4 is 23.0 Å². The van der Waals surface area contributed by atoms with Crippen LogP contribution in [0, 0.1) is 0 Å². The van der Waals surface area contributed by atoms with E-state index < -0.39 is 0 Å². The molecule has 0 amide bonds. The van der Waals surface area contributed by atoms with E-state index in [0.29, 0.717) is 5.11 Å². The fourth-order valence-electron chi connectivity index (χ4n) is 3.19. The first-order valence-corrected chi connectivity index (χ1v) is 8.83. The number of aromatic nitrogens is 1. The third kappa shape index (κ3) is 4.02. The summed E-state index contributed by atoms with van der Waals surface area (Å²) in [6, 6.07) is 9.98. The van der Waals surface area contributed by atoms with Gasteiger partial charge in [-0.3, -0.25) is 4.98 Å². The Balaban J connectivity index is 1.82. The molecule has 1 aromatic carbocycles. The molecule has 5 nitrogen and oxygen atoms in total. The quantitative estimate of drug-likeness (QED) is 0.834.